The van der Waals surface area contributed by atoms with Gasteiger partial charge in [-0.15, -0.1) is 11.3 Å². The Hall–Kier alpha value is -2.13. The first-order valence-electron chi connectivity index (χ1n) is 7.08. The standard InChI is InChI=1S/C18H16N2S/c1-10-3-4-12(7-11(10)2)13-5-6-15-14(8-13)9-16-17(15)20-18(19)21-16/h3-8H,9H2,1-2H3,(H2,19,20). The Kier molecular flexibility index (Phi) is 2.66. The largest absolute Gasteiger partial charge is 0.375 e. The van der Waals surface area contributed by atoms with Gasteiger partial charge in [-0.3, -0.25) is 0 Å². The number of anilines is 1. The third kappa shape index (κ3) is 1.96. The molecular weight excluding hydrogens is 276 g/mol. The van der Waals surface area contributed by atoms with E-state index in [0.717, 1.165) is 12.1 Å². The average Bonchev–Trinajstić information content (AvgIpc) is 2.97. The molecule has 0 atom stereocenters. The normalized spacial score (nSPS) is 12.3. The van der Waals surface area contributed by atoms with Gasteiger partial charge in [0.25, 0.3) is 0 Å². The summed E-state index contributed by atoms with van der Waals surface area (Å²) in [6.07, 6.45) is 0.957. The lowest BCUT2D eigenvalue weighted by molar-refractivity contribution is 1.30. The van der Waals surface area contributed by atoms with Crippen molar-refractivity contribution in [3.63, 3.8) is 0 Å². The SMILES string of the molecule is Cc1ccc(-c2ccc3c(c2)Cc2sc(N)nc2-3)cc1C. The predicted molar refractivity (Wildman–Crippen MR) is 89.7 cm³/mol. The maximum atomic E-state index is 5.81. The Bertz CT molecular complexity index is 862. The van der Waals surface area contributed by atoms with Crippen LogP contribution in [0.5, 0.6) is 0 Å². The molecule has 104 valence electrons. The molecule has 21 heavy (non-hydrogen) atoms. The van der Waals surface area contributed by atoms with Gasteiger partial charge in [-0.05, 0) is 41.7 Å². The van der Waals surface area contributed by atoms with Gasteiger partial charge in [0, 0.05) is 16.9 Å². The van der Waals surface area contributed by atoms with Gasteiger partial charge in [0.05, 0.1) is 5.69 Å². The molecule has 4 rings (SSSR count). The van der Waals surface area contributed by atoms with E-state index in [1.54, 1.807) is 11.3 Å². The molecule has 0 spiro atoms. The summed E-state index contributed by atoms with van der Waals surface area (Å²) >= 11 is 1.61. The number of aryl methyl sites for hydroxylation is 2. The lowest BCUT2D eigenvalue weighted by Gasteiger charge is -2.08. The Balaban J connectivity index is 1.80. The Labute approximate surface area is 128 Å². The Morgan fingerprint density at radius 2 is 1.76 bits per heavy atom. The number of benzene rings is 2. The number of hydrogen-bond acceptors (Lipinski definition) is 3. The van der Waals surface area contributed by atoms with Crippen molar-refractivity contribution in [1.82, 2.24) is 4.98 Å². The van der Waals surface area contributed by atoms with E-state index in [4.69, 9.17) is 5.73 Å². The summed E-state index contributed by atoms with van der Waals surface area (Å²) in [5.74, 6) is 0. The van der Waals surface area contributed by atoms with Crippen molar-refractivity contribution in [3.05, 3.63) is 58.0 Å². The maximum absolute atomic E-state index is 5.81. The highest BCUT2D eigenvalue weighted by molar-refractivity contribution is 7.15. The highest BCUT2D eigenvalue weighted by Gasteiger charge is 2.23. The van der Waals surface area contributed by atoms with Gasteiger partial charge in [0.2, 0.25) is 0 Å². The van der Waals surface area contributed by atoms with Crippen molar-refractivity contribution >= 4 is 16.5 Å². The molecule has 1 aliphatic rings. The van der Waals surface area contributed by atoms with Crippen LogP contribution >= 0.6 is 11.3 Å². The summed E-state index contributed by atoms with van der Waals surface area (Å²) < 4.78 is 0. The second-order valence-electron chi connectivity index (χ2n) is 5.67. The third-order valence-corrected chi connectivity index (χ3v) is 5.15. The highest BCUT2D eigenvalue weighted by atomic mass is 32.1. The monoisotopic (exact) mass is 292 g/mol. The summed E-state index contributed by atoms with van der Waals surface area (Å²) in [5.41, 5.74) is 14.7. The summed E-state index contributed by atoms with van der Waals surface area (Å²) in [6.45, 7) is 4.31. The molecule has 3 aromatic rings. The van der Waals surface area contributed by atoms with Gasteiger partial charge >= 0.3 is 0 Å². The Morgan fingerprint density at radius 1 is 1.00 bits per heavy atom. The van der Waals surface area contributed by atoms with Crippen LogP contribution < -0.4 is 5.73 Å². The summed E-state index contributed by atoms with van der Waals surface area (Å²) in [6, 6.07) is 13.3. The van der Waals surface area contributed by atoms with Gasteiger partial charge < -0.3 is 5.73 Å². The van der Waals surface area contributed by atoms with Crippen LogP contribution in [0.4, 0.5) is 5.13 Å². The van der Waals surface area contributed by atoms with E-state index < -0.39 is 0 Å². The zero-order valence-corrected chi connectivity index (χ0v) is 12.9. The van der Waals surface area contributed by atoms with Crippen LogP contribution in [0, 0.1) is 13.8 Å². The van der Waals surface area contributed by atoms with E-state index >= 15 is 0 Å². The van der Waals surface area contributed by atoms with Crippen molar-refractivity contribution in [2.45, 2.75) is 20.3 Å². The van der Waals surface area contributed by atoms with Crippen LogP contribution in [0.2, 0.25) is 0 Å². The molecule has 2 nitrogen and oxygen atoms in total. The van der Waals surface area contributed by atoms with Gasteiger partial charge in [-0.1, -0.05) is 36.4 Å². The topological polar surface area (TPSA) is 38.9 Å². The Morgan fingerprint density at radius 3 is 2.57 bits per heavy atom. The van der Waals surface area contributed by atoms with Crippen LogP contribution in [0.25, 0.3) is 22.4 Å². The molecule has 0 saturated carbocycles. The summed E-state index contributed by atoms with van der Waals surface area (Å²) in [7, 11) is 0. The van der Waals surface area contributed by atoms with Crippen molar-refractivity contribution in [3.8, 4) is 22.4 Å². The van der Waals surface area contributed by atoms with Crippen LogP contribution in [0.15, 0.2) is 36.4 Å². The number of nitrogen functional groups attached to an aromatic ring is 1. The molecule has 0 saturated heterocycles. The molecule has 0 radical (unpaired) electrons. The van der Waals surface area contributed by atoms with Crippen LogP contribution in [-0.2, 0) is 6.42 Å². The second-order valence-corrected chi connectivity index (χ2v) is 6.79. The fourth-order valence-corrected chi connectivity index (χ4v) is 3.81. The molecule has 1 aromatic heterocycles. The molecule has 0 aliphatic heterocycles. The fourth-order valence-electron chi connectivity index (χ4n) is 2.94. The summed E-state index contributed by atoms with van der Waals surface area (Å²) in [4.78, 5) is 5.75. The van der Waals surface area contributed by atoms with Crippen molar-refractivity contribution in [1.29, 1.82) is 0 Å². The molecule has 0 fully saturated rings. The van der Waals surface area contributed by atoms with E-state index in [1.807, 2.05) is 0 Å². The first-order chi connectivity index (χ1) is 10.1. The number of nitrogens with zero attached hydrogens (tertiary/aromatic N) is 1. The minimum absolute atomic E-state index is 0.670. The minimum Gasteiger partial charge on any atom is -0.375 e. The predicted octanol–water partition coefficient (Wildman–Crippen LogP) is 4.58. The molecule has 1 aliphatic carbocycles. The zero-order chi connectivity index (χ0) is 14.6. The highest BCUT2D eigenvalue weighted by Crippen LogP contribution is 2.41. The molecule has 2 aromatic carbocycles. The van der Waals surface area contributed by atoms with E-state index in [1.165, 1.54) is 38.3 Å². The lowest BCUT2D eigenvalue weighted by Crippen LogP contribution is -1.88. The van der Waals surface area contributed by atoms with Gasteiger partial charge in [0.1, 0.15) is 0 Å². The number of rotatable bonds is 1. The van der Waals surface area contributed by atoms with Crippen LogP contribution in [0.1, 0.15) is 21.6 Å². The minimum atomic E-state index is 0.670. The number of hydrogen-bond donors (Lipinski definition) is 1. The van der Waals surface area contributed by atoms with Crippen LogP contribution in [0.3, 0.4) is 0 Å². The number of thiazole rings is 1. The molecular formula is C18H16N2S. The molecule has 3 heteroatoms. The smallest absolute Gasteiger partial charge is 0.180 e. The number of fused-ring (bicyclic) bond motifs is 3. The van der Waals surface area contributed by atoms with Crippen molar-refractivity contribution in [2.75, 3.05) is 5.73 Å². The van der Waals surface area contributed by atoms with Crippen molar-refractivity contribution < 1.29 is 0 Å². The molecule has 2 N–H and O–H groups in total. The molecule has 1 heterocycles. The van der Waals surface area contributed by atoms with Crippen LogP contribution in [-0.4, -0.2) is 4.98 Å². The second kappa shape index (κ2) is 4.43. The van der Waals surface area contributed by atoms with E-state index in [9.17, 15) is 0 Å². The van der Waals surface area contributed by atoms with Gasteiger partial charge in [0.15, 0.2) is 5.13 Å². The zero-order valence-electron chi connectivity index (χ0n) is 12.1. The lowest BCUT2D eigenvalue weighted by atomic mass is 9.97. The number of aromatic nitrogens is 1. The molecule has 0 amide bonds. The summed E-state index contributed by atoms with van der Waals surface area (Å²) in [5, 5.41) is 0.670. The average molecular weight is 292 g/mol. The fraction of sp³-hybridized carbons (Fsp3) is 0.167. The van der Waals surface area contributed by atoms with Gasteiger partial charge in [-0.25, -0.2) is 4.98 Å². The van der Waals surface area contributed by atoms with E-state index in [-0.39, 0.29) is 0 Å². The molecule has 0 bridgehead atoms. The quantitative estimate of drug-likeness (QED) is 0.557. The van der Waals surface area contributed by atoms with E-state index in [0.29, 0.717) is 5.13 Å². The maximum Gasteiger partial charge on any atom is 0.180 e. The van der Waals surface area contributed by atoms with Crippen molar-refractivity contribution in [2.24, 2.45) is 0 Å². The number of nitrogens with two attached hydrogens (primary N) is 1. The van der Waals surface area contributed by atoms with Gasteiger partial charge in [-0.2, -0.15) is 0 Å². The first kappa shape index (κ1) is 12.6. The third-order valence-electron chi connectivity index (χ3n) is 4.27. The first-order valence-corrected chi connectivity index (χ1v) is 7.89. The van der Waals surface area contributed by atoms with E-state index in [2.05, 4.69) is 55.2 Å². The molecule has 0 unspecified atom stereocenters.